The number of hydrogen-bond donors (Lipinski definition) is 1. The van der Waals surface area contributed by atoms with Gasteiger partial charge in [0.05, 0.1) is 17.6 Å². The van der Waals surface area contributed by atoms with Crippen LogP contribution in [0.5, 0.6) is 0 Å². The molecule has 2 aromatic rings. The Balaban J connectivity index is 1.97. The van der Waals surface area contributed by atoms with Crippen LogP contribution < -0.4 is 5.32 Å². The van der Waals surface area contributed by atoms with E-state index in [1.165, 1.54) is 11.8 Å². The first-order valence-corrected chi connectivity index (χ1v) is 7.03. The molecule has 0 aliphatic rings. The third-order valence-electron chi connectivity index (χ3n) is 2.42. The highest BCUT2D eigenvalue weighted by Crippen LogP contribution is 2.07. The second-order valence-corrected chi connectivity index (χ2v) is 4.70. The molecular formula is C13H15N3OS. The first kappa shape index (κ1) is 12.7. The average molecular weight is 261 g/mol. The maximum absolute atomic E-state index is 11.3. The molecule has 0 aliphatic carbocycles. The Bertz CT molecular complexity index is 510. The van der Waals surface area contributed by atoms with Crippen LogP contribution in [-0.4, -0.2) is 27.7 Å². The number of carbonyl (C=O) groups excluding carboxylic acids is 1. The lowest BCUT2D eigenvalue weighted by molar-refractivity contribution is -0.118. The van der Waals surface area contributed by atoms with Crippen molar-refractivity contribution in [1.82, 2.24) is 15.1 Å². The molecule has 0 bridgehead atoms. The summed E-state index contributed by atoms with van der Waals surface area (Å²) in [5.74, 6) is 0.544. The number of rotatable bonds is 5. The lowest BCUT2D eigenvalue weighted by Gasteiger charge is -2.01. The fourth-order valence-corrected chi connectivity index (χ4v) is 1.92. The van der Waals surface area contributed by atoms with Gasteiger partial charge >= 0.3 is 0 Å². The Hall–Kier alpha value is -1.75. The Labute approximate surface area is 110 Å². The first-order valence-electron chi connectivity index (χ1n) is 5.64. The zero-order valence-corrected chi connectivity index (χ0v) is 11.0. The van der Waals surface area contributed by atoms with Crippen molar-refractivity contribution in [3.8, 4) is 5.69 Å². The Morgan fingerprint density at radius 3 is 2.89 bits per heavy atom. The van der Waals surface area contributed by atoms with Gasteiger partial charge < -0.3 is 5.32 Å². The minimum Gasteiger partial charge on any atom is -0.351 e. The summed E-state index contributed by atoms with van der Waals surface area (Å²) in [4.78, 5) is 11.3. The normalized spacial score (nSPS) is 10.3. The monoisotopic (exact) mass is 261 g/mol. The summed E-state index contributed by atoms with van der Waals surface area (Å²) in [6.07, 6.45) is 5.61. The summed E-state index contributed by atoms with van der Waals surface area (Å²) < 4.78 is 1.80. The summed E-state index contributed by atoms with van der Waals surface area (Å²) in [5, 5.41) is 7.12. The van der Waals surface area contributed by atoms with Crippen molar-refractivity contribution in [2.24, 2.45) is 0 Å². The zero-order valence-electron chi connectivity index (χ0n) is 10.2. The van der Waals surface area contributed by atoms with Gasteiger partial charge in [0.15, 0.2) is 0 Å². The van der Waals surface area contributed by atoms with Crippen molar-refractivity contribution in [2.45, 2.75) is 6.54 Å². The van der Waals surface area contributed by atoms with Crippen molar-refractivity contribution in [3.05, 3.63) is 48.3 Å². The van der Waals surface area contributed by atoms with Crippen molar-refractivity contribution < 1.29 is 4.79 Å². The van der Waals surface area contributed by atoms with Gasteiger partial charge in [-0.3, -0.25) is 4.79 Å². The SMILES string of the molecule is CSCC(=O)NCc1cnn(-c2ccccc2)c1. The number of benzene rings is 1. The van der Waals surface area contributed by atoms with Gasteiger partial charge in [-0.05, 0) is 18.4 Å². The molecule has 5 heteroatoms. The summed E-state index contributed by atoms with van der Waals surface area (Å²) in [5.41, 5.74) is 2.01. The predicted octanol–water partition coefficient (Wildman–Crippen LogP) is 1.85. The van der Waals surface area contributed by atoms with Gasteiger partial charge in [-0.2, -0.15) is 16.9 Å². The molecule has 1 aromatic carbocycles. The molecule has 0 aliphatic heterocycles. The van der Waals surface area contributed by atoms with E-state index in [9.17, 15) is 4.79 Å². The van der Waals surface area contributed by atoms with E-state index in [1.807, 2.05) is 42.8 Å². The highest BCUT2D eigenvalue weighted by Gasteiger charge is 2.03. The van der Waals surface area contributed by atoms with Gasteiger partial charge in [0.25, 0.3) is 0 Å². The number of hydrogen-bond acceptors (Lipinski definition) is 3. The van der Waals surface area contributed by atoms with Gasteiger partial charge in [0.2, 0.25) is 5.91 Å². The van der Waals surface area contributed by atoms with Crippen molar-refractivity contribution in [1.29, 1.82) is 0 Å². The Kier molecular flexibility index (Phi) is 4.41. The summed E-state index contributed by atoms with van der Waals surface area (Å²) in [7, 11) is 0. The minimum atomic E-state index is 0.0509. The molecule has 94 valence electrons. The third-order valence-corrected chi connectivity index (χ3v) is 2.97. The van der Waals surface area contributed by atoms with Crippen molar-refractivity contribution in [3.63, 3.8) is 0 Å². The molecule has 0 atom stereocenters. The van der Waals surface area contributed by atoms with Crippen LogP contribution in [-0.2, 0) is 11.3 Å². The molecule has 4 nitrogen and oxygen atoms in total. The van der Waals surface area contributed by atoms with Crippen LogP contribution in [0.3, 0.4) is 0 Å². The van der Waals surface area contributed by atoms with Gasteiger partial charge in [-0.25, -0.2) is 4.68 Å². The second kappa shape index (κ2) is 6.26. The molecule has 18 heavy (non-hydrogen) atoms. The number of para-hydroxylation sites is 1. The average Bonchev–Trinajstić information content (AvgIpc) is 2.87. The van der Waals surface area contributed by atoms with E-state index in [0.29, 0.717) is 12.3 Å². The molecule has 1 aromatic heterocycles. The van der Waals surface area contributed by atoms with Crippen LogP contribution in [0.15, 0.2) is 42.7 Å². The van der Waals surface area contributed by atoms with E-state index in [0.717, 1.165) is 11.3 Å². The minimum absolute atomic E-state index is 0.0509. The highest BCUT2D eigenvalue weighted by atomic mass is 32.2. The molecule has 0 radical (unpaired) electrons. The predicted molar refractivity (Wildman–Crippen MR) is 73.8 cm³/mol. The highest BCUT2D eigenvalue weighted by molar-refractivity contribution is 7.99. The molecule has 0 saturated carbocycles. The number of thioether (sulfide) groups is 1. The molecule has 1 N–H and O–H groups in total. The smallest absolute Gasteiger partial charge is 0.230 e. The summed E-state index contributed by atoms with van der Waals surface area (Å²) in [6.45, 7) is 0.520. The van der Waals surface area contributed by atoms with Crippen molar-refractivity contribution in [2.75, 3.05) is 12.0 Å². The largest absolute Gasteiger partial charge is 0.351 e. The Morgan fingerprint density at radius 1 is 1.39 bits per heavy atom. The summed E-state index contributed by atoms with van der Waals surface area (Å²) >= 11 is 1.51. The topological polar surface area (TPSA) is 46.9 Å². The standard InChI is InChI=1S/C13H15N3OS/c1-18-10-13(17)14-7-11-8-15-16(9-11)12-5-3-2-4-6-12/h2-6,8-9H,7,10H2,1H3,(H,14,17). The molecule has 0 spiro atoms. The number of nitrogens with zero attached hydrogens (tertiary/aromatic N) is 2. The van der Waals surface area contributed by atoms with E-state index < -0.39 is 0 Å². The van der Waals surface area contributed by atoms with E-state index in [-0.39, 0.29) is 5.91 Å². The number of amides is 1. The van der Waals surface area contributed by atoms with E-state index in [2.05, 4.69) is 10.4 Å². The molecule has 0 unspecified atom stereocenters. The van der Waals surface area contributed by atoms with Gasteiger partial charge in [-0.15, -0.1) is 0 Å². The zero-order chi connectivity index (χ0) is 12.8. The summed E-state index contributed by atoms with van der Waals surface area (Å²) in [6, 6.07) is 9.89. The molecule has 2 rings (SSSR count). The second-order valence-electron chi connectivity index (χ2n) is 3.84. The van der Waals surface area contributed by atoms with Crippen molar-refractivity contribution >= 4 is 17.7 Å². The third kappa shape index (κ3) is 3.37. The van der Waals surface area contributed by atoms with E-state index in [4.69, 9.17) is 0 Å². The van der Waals surface area contributed by atoms with Crippen LogP contribution in [0.2, 0.25) is 0 Å². The molecule has 0 fully saturated rings. The van der Waals surface area contributed by atoms with Crippen LogP contribution in [0, 0.1) is 0 Å². The van der Waals surface area contributed by atoms with Gasteiger partial charge in [0.1, 0.15) is 0 Å². The number of carbonyl (C=O) groups is 1. The van der Waals surface area contributed by atoms with Crippen LogP contribution in [0.25, 0.3) is 5.69 Å². The lowest BCUT2D eigenvalue weighted by Crippen LogP contribution is -2.24. The molecule has 0 saturated heterocycles. The molecule has 1 heterocycles. The fourth-order valence-electron chi connectivity index (χ4n) is 1.56. The number of nitrogens with one attached hydrogen (secondary N) is 1. The van der Waals surface area contributed by atoms with Gasteiger partial charge in [-0.1, -0.05) is 18.2 Å². The van der Waals surface area contributed by atoms with E-state index in [1.54, 1.807) is 10.9 Å². The van der Waals surface area contributed by atoms with Crippen LogP contribution in [0.1, 0.15) is 5.56 Å². The maximum Gasteiger partial charge on any atom is 0.230 e. The first-order chi connectivity index (χ1) is 8.79. The van der Waals surface area contributed by atoms with Crippen LogP contribution in [0.4, 0.5) is 0 Å². The Morgan fingerprint density at radius 2 is 2.17 bits per heavy atom. The van der Waals surface area contributed by atoms with Gasteiger partial charge in [0, 0.05) is 18.3 Å². The molecule has 1 amide bonds. The maximum atomic E-state index is 11.3. The van der Waals surface area contributed by atoms with Crippen LogP contribution >= 0.6 is 11.8 Å². The lowest BCUT2D eigenvalue weighted by atomic mass is 10.3. The number of aromatic nitrogens is 2. The molecular weight excluding hydrogens is 246 g/mol. The fraction of sp³-hybridized carbons (Fsp3) is 0.231. The van der Waals surface area contributed by atoms with E-state index >= 15 is 0 Å². The quantitative estimate of drug-likeness (QED) is 0.893.